The molecule has 64 heavy (non-hydrogen) atoms. The maximum Gasteiger partial charge on any atom is 0.268 e. The average Bonchev–Trinajstić information content (AvgIpc) is 3.96. The van der Waals surface area contributed by atoms with E-state index in [4.69, 9.17) is 23.4 Å². The van der Waals surface area contributed by atoms with Gasteiger partial charge in [-0.3, -0.25) is 4.57 Å². The molecule has 0 fully saturated rings. The van der Waals surface area contributed by atoms with Crippen molar-refractivity contribution in [3.8, 4) is 50.9 Å². The molecule has 1 aliphatic carbocycles. The number of benzene rings is 8. The van der Waals surface area contributed by atoms with Crippen molar-refractivity contribution in [2.75, 3.05) is 0 Å². The predicted molar refractivity (Wildman–Crippen MR) is 252 cm³/mol. The van der Waals surface area contributed by atoms with Crippen molar-refractivity contribution in [2.45, 2.75) is 25.7 Å². The number of imidazole rings is 1. The van der Waals surface area contributed by atoms with Crippen molar-refractivity contribution in [3.63, 3.8) is 0 Å². The minimum Gasteiger partial charge on any atom is -0.510 e. The fourth-order valence-electron chi connectivity index (χ4n) is 8.84. The Kier molecular flexibility index (Phi) is 7.82. The van der Waals surface area contributed by atoms with Crippen LogP contribution in [-0.4, -0.2) is 14.1 Å². The van der Waals surface area contributed by atoms with E-state index >= 15 is 0 Å². The Bertz CT molecular complexity index is 3970. The van der Waals surface area contributed by atoms with Crippen LogP contribution in [0.3, 0.4) is 0 Å². The molecule has 0 N–H and O–H groups in total. The number of hydrogen-bond acceptors (Lipinski definition) is 2. The van der Waals surface area contributed by atoms with Crippen molar-refractivity contribution in [2.24, 2.45) is 0 Å². The second-order valence-electron chi connectivity index (χ2n) is 15.5. The maximum absolute atomic E-state index is 9.03. The molecule has 5 nitrogen and oxygen atoms in total. The maximum atomic E-state index is 9.03. The van der Waals surface area contributed by atoms with E-state index in [0.717, 1.165) is 58.9 Å². The normalized spacial score (nSPS) is 14.5. The second-order valence-corrected chi connectivity index (χ2v) is 15.5. The van der Waals surface area contributed by atoms with E-state index < -0.39 is 60.4 Å². The van der Waals surface area contributed by atoms with Gasteiger partial charge in [-0.2, -0.15) is 18.2 Å². The first kappa shape index (κ1) is 29.9. The van der Waals surface area contributed by atoms with Gasteiger partial charge >= 0.3 is 0 Å². The number of ether oxygens (including phenoxy) is 1. The minimum absolute atomic E-state index is 0. The second kappa shape index (κ2) is 16.7. The number of para-hydroxylation sites is 4. The Hall–Kier alpha value is -7.33. The van der Waals surface area contributed by atoms with Crippen LogP contribution in [0.2, 0.25) is 0 Å². The first-order valence-electron chi connectivity index (χ1n) is 25.8. The molecule has 310 valence electrons. The van der Waals surface area contributed by atoms with Crippen molar-refractivity contribution in [1.82, 2.24) is 14.1 Å². The summed E-state index contributed by atoms with van der Waals surface area (Å²) in [5, 5.41) is 2.06. The fourth-order valence-corrected chi connectivity index (χ4v) is 8.84. The van der Waals surface area contributed by atoms with Gasteiger partial charge in [-0.15, -0.1) is 29.7 Å². The van der Waals surface area contributed by atoms with Gasteiger partial charge < -0.3 is 13.9 Å². The van der Waals surface area contributed by atoms with Gasteiger partial charge in [0.15, 0.2) is 0 Å². The molecule has 8 aromatic carbocycles. The number of aromatic nitrogens is 4. The summed E-state index contributed by atoms with van der Waals surface area (Å²) in [5.74, 6) is 1.66. The largest absolute Gasteiger partial charge is 0.510 e. The molecule has 1 aliphatic rings. The zero-order valence-corrected chi connectivity index (χ0v) is 36.3. The van der Waals surface area contributed by atoms with E-state index in [1.54, 1.807) is 33.4 Å². The molecule has 4 bridgehead atoms. The Balaban J connectivity index is 0.00000588. The van der Waals surface area contributed by atoms with Crippen LogP contribution in [-0.2, 0) is 46.7 Å². The molecule has 3 aromatic heterocycles. The molecular weight excluding hydrogens is 964 g/mol. The minimum atomic E-state index is -0.570. The third-order valence-corrected chi connectivity index (χ3v) is 11.7. The van der Waals surface area contributed by atoms with Crippen molar-refractivity contribution < 1.29 is 44.1 Å². The number of fused-ring (bicyclic) bond motifs is 8. The van der Waals surface area contributed by atoms with E-state index in [9.17, 15) is 0 Å². The molecule has 6 heteroatoms. The monoisotopic (exact) mass is 1010 g/mol. The summed E-state index contributed by atoms with van der Waals surface area (Å²) in [7, 11) is 0. The van der Waals surface area contributed by atoms with Crippen LogP contribution in [0.4, 0.5) is 0 Å². The Morgan fingerprint density at radius 1 is 0.578 bits per heavy atom. The van der Waals surface area contributed by atoms with Crippen LogP contribution in [0.25, 0.3) is 72.3 Å². The Morgan fingerprint density at radius 3 is 2.02 bits per heavy atom. The molecule has 0 aliphatic heterocycles. The van der Waals surface area contributed by atoms with Crippen LogP contribution in [0.1, 0.15) is 36.0 Å². The van der Waals surface area contributed by atoms with Gasteiger partial charge in [0, 0.05) is 44.3 Å². The number of pyridine rings is 1. The van der Waals surface area contributed by atoms with Gasteiger partial charge in [0.05, 0.1) is 30.4 Å². The molecule has 0 spiro atoms. The van der Waals surface area contributed by atoms with Crippen LogP contribution in [0.15, 0.2) is 194 Å². The number of hydrogen-bond donors (Lipinski definition) is 0. The van der Waals surface area contributed by atoms with E-state index in [1.807, 2.05) is 66.9 Å². The van der Waals surface area contributed by atoms with Crippen molar-refractivity contribution >= 4 is 32.8 Å². The zero-order chi connectivity index (χ0) is 50.4. The molecular formula is C58H40N4OPt-2. The predicted octanol–water partition coefficient (Wildman–Crippen LogP) is 12.8. The third kappa shape index (κ3) is 7.12. The van der Waals surface area contributed by atoms with Crippen molar-refractivity contribution in [3.05, 3.63) is 235 Å². The molecule has 12 rings (SSSR count). The fraction of sp³-hybridized carbons (Fsp3) is 0.0690. The zero-order valence-electron chi connectivity index (χ0n) is 44.0. The van der Waals surface area contributed by atoms with Gasteiger partial charge in [0.25, 0.3) is 6.33 Å². The summed E-state index contributed by atoms with van der Waals surface area (Å²) in [4.78, 5) is 5.15. The van der Waals surface area contributed by atoms with E-state index in [2.05, 4.69) is 65.5 Å². The summed E-state index contributed by atoms with van der Waals surface area (Å²) in [6, 6.07) is 42.6. The SMILES string of the molecule is [2H]c1c([2H])c([2H])c(-c2cccc(-c3c([2H])c([2H])c([2H])c([2H])c3[2H])c2-[n+]2[c-]n(-c3[c-]c(Oc4[c-]c5c(cc4)c4ccccc4n5-c4ncc5cc4CCc4cccc(c4)CC5)ccc3)c3ccccc32)c([2H])c1[2H].[Pt]. The van der Waals surface area contributed by atoms with E-state index in [1.165, 1.54) is 16.7 Å². The summed E-state index contributed by atoms with van der Waals surface area (Å²) in [6.45, 7) is 0. The molecule has 0 amide bonds. The van der Waals surface area contributed by atoms with Gasteiger partial charge in [-0.05, 0) is 87.3 Å². The van der Waals surface area contributed by atoms with Crippen LogP contribution in [0.5, 0.6) is 11.5 Å². The Morgan fingerprint density at radius 2 is 1.23 bits per heavy atom. The van der Waals surface area contributed by atoms with Gasteiger partial charge in [0.1, 0.15) is 5.82 Å². The first-order chi connectivity index (χ1) is 35.4. The quantitative estimate of drug-likeness (QED) is 0.118. The third-order valence-electron chi connectivity index (χ3n) is 11.7. The summed E-state index contributed by atoms with van der Waals surface area (Å²) in [5.41, 5.74) is 8.64. The number of aryl methyl sites for hydroxylation is 4. The van der Waals surface area contributed by atoms with Gasteiger partial charge in [0.2, 0.25) is 0 Å². The number of rotatable bonds is 7. The molecule has 0 radical (unpaired) electrons. The molecule has 3 heterocycles. The molecule has 0 saturated heterocycles. The van der Waals surface area contributed by atoms with Crippen LogP contribution < -0.4 is 9.30 Å². The van der Waals surface area contributed by atoms with Crippen LogP contribution in [0, 0.1) is 18.5 Å². The van der Waals surface area contributed by atoms with Gasteiger partial charge in [-0.1, -0.05) is 157 Å². The Labute approximate surface area is 400 Å². The van der Waals surface area contributed by atoms with E-state index in [0.29, 0.717) is 28.2 Å². The standard InChI is InChI=1S/C58H40N4O.Pt/c1-3-16-43(17-4-1)49-23-13-24-50(44-18-5-2-6-19-44)57(49)61-39-60(54-26-9-10-27-55(54)61)46-20-12-21-47(36-46)63-48-32-33-52-51-22-7-8-25-53(51)62(56(52)37-48)58-45-31-30-41-15-11-14-40(34-41)28-29-42(35-45)38-59-58;/h1-27,32-35,38H,28-31H2;/q-2;/i1D,2D,3D,4D,5D,6D,16D,17D,18D,19D;. The average molecular weight is 1010 g/mol. The molecule has 0 atom stereocenters. The van der Waals surface area contributed by atoms with Crippen molar-refractivity contribution in [1.29, 1.82) is 0 Å². The van der Waals surface area contributed by atoms with Gasteiger partial charge in [-0.25, -0.2) is 4.98 Å². The summed E-state index contributed by atoms with van der Waals surface area (Å²) < 4.78 is 99.2. The summed E-state index contributed by atoms with van der Waals surface area (Å²) in [6.07, 6.45) is 8.94. The molecule has 0 unspecified atom stereocenters. The van der Waals surface area contributed by atoms with E-state index in [-0.39, 0.29) is 49.0 Å². The molecule has 0 saturated carbocycles. The number of nitrogens with zero attached hydrogens (tertiary/aromatic N) is 4. The first-order valence-corrected chi connectivity index (χ1v) is 20.8. The molecule has 11 aromatic rings. The smallest absolute Gasteiger partial charge is 0.268 e. The topological polar surface area (TPSA) is 35.9 Å². The summed E-state index contributed by atoms with van der Waals surface area (Å²) >= 11 is 0. The van der Waals surface area contributed by atoms with Crippen LogP contribution >= 0.6 is 0 Å².